The maximum absolute atomic E-state index is 14.0. The van der Waals surface area contributed by atoms with Crippen LogP contribution in [-0.4, -0.2) is 42.6 Å². The van der Waals surface area contributed by atoms with E-state index in [-0.39, 0.29) is 17.3 Å². The maximum atomic E-state index is 14.0. The molecule has 2 aromatic rings. The van der Waals surface area contributed by atoms with Crippen LogP contribution in [0.5, 0.6) is 0 Å². The molecule has 2 rings (SSSR count). The Balaban J connectivity index is 2.27. The molecule has 2 N–H and O–H groups in total. The molecule has 1 atom stereocenters. The summed E-state index contributed by atoms with van der Waals surface area (Å²) in [7, 11) is 5.20. The fraction of sp³-hybridized carbons (Fsp3) is 0.333. The second-order valence-electron chi connectivity index (χ2n) is 5.13. The highest BCUT2D eigenvalue weighted by atomic mass is 35.5. The van der Waals surface area contributed by atoms with Crippen molar-refractivity contribution in [2.45, 2.75) is 6.04 Å². The summed E-state index contributed by atoms with van der Waals surface area (Å²) in [6.45, 7) is 0.243. The summed E-state index contributed by atoms with van der Waals surface area (Å²) in [5, 5.41) is 6.23. The average molecular weight is 342 g/mol. The zero-order valence-corrected chi connectivity index (χ0v) is 13.8. The molecule has 23 heavy (non-hydrogen) atoms. The first-order chi connectivity index (χ1) is 11.0. The minimum absolute atomic E-state index is 0.0103. The van der Waals surface area contributed by atoms with E-state index >= 15 is 0 Å². The van der Waals surface area contributed by atoms with Crippen molar-refractivity contribution in [3.05, 3.63) is 46.9 Å². The quantitative estimate of drug-likeness (QED) is 0.790. The average Bonchev–Trinajstić information content (AvgIpc) is 2.49. The third kappa shape index (κ3) is 3.86. The van der Waals surface area contributed by atoms with Gasteiger partial charge >= 0.3 is 0 Å². The van der Waals surface area contributed by atoms with Gasteiger partial charge in [0.1, 0.15) is 23.6 Å². The van der Waals surface area contributed by atoms with E-state index in [9.17, 15) is 8.78 Å². The molecule has 0 fully saturated rings. The number of rotatable bonds is 6. The topological polar surface area (TPSA) is 53.1 Å². The van der Waals surface area contributed by atoms with Gasteiger partial charge in [-0.2, -0.15) is 0 Å². The van der Waals surface area contributed by atoms with Gasteiger partial charge in [0.25, 0.3) is 0 Å². The number of aromatic nitrogens is 2. The standard InChI is InChI=1S/C15H18ClF2N5/c1-19-13-14(16)21-8-22-15(13)20-7-11(23(2)3)12-9(17)5-4-6-10(12)18/h4-6,8,11,19H,7H2,1-3H3,(H,20,21,22). The van der Waals surface area contributed by atoms with E-state index in [1.54, 1.807) is 26.0 Å². The molecule has 1 unspecified atom stereocenters. The van der Waals surface area contributed by atoms with Crippen molar-refractivity contribution in [3.8, 4) is 0 Å². The summed E-state index contributed by atoms with van der Waals surface area (Å²) in [4.78, 5) is 9.72. The zero-order chi connectivity index (χ0) is 17.0. The van der Waals surface area contributed by atoms with Gasteiger partial charge in [-0.25, -0.2) is 18.7 Å². The van der Waals surface area contributed by atoms with Gasteiger partial charge in [0.2, 0.25) is 0 Å². The molecule has 1 heterocycles. The highest BCUT2D eigenvalue weighted by Crippen LogP contribution is 2.28. The number of nitrogens with one attached hydrogen (secondary N) is 2. The van der Waals surface area contributed by atoms with Crippen molar-refractivity contribution >= 4 is 23.1 Å². The molecule has 5 nitrogen and oxygen atoms in total. The highest BCUT2D eigenvalue weighted by Gasteiger charge is 2.22. The van der Waals surface area contributed by atoms with Crippen molar-refractivity contribution in [3.63, 3.8) is 0 Å². The van der Waals surface area contributed by atoms with Crippen LogP contribution in [0.4, 0.5) is 20.3 Å². The van der Waals surface area contributed by atoms with Crippen LogP contribution >= 0.6 is 11.6 Å². The molecule has 0 radical (unpaired) electrons. The lowest BCUT2D eigenvalue weighted by Gasteiger charge is -2.26. The smallest absolute Gasteiger partial charge is 0.157 e. The van der Waals surface area contributed by atoms with E-state index in [4.69, 9.17) is 11.6 Å². The van der Waals surface area contributed by atoms with Crippen LogP contribution in [-0.2, 0) is 0 Å². The second kappa shape index (κ2) is 7.52. The number of hydrogen-bond acceptors (Lipinski definition) is 5. The van der Waals surface area contributed by atoms with Crippen LogP contribution in [0.25, 0.3) is 0 Å². The minimum atomic E-state index is -0.583. The third-order valence-corrected chi connectivity index (χ3v) is 3.76. The molecule has 0 bridgehead atoms. The normalized spacial score (nSPS) is 12.3. The Morgan fingerprint density at radius 3 is 2.43 bits per heavy atom. The van der Waals surface area contributed by atoms with E-state index in [0.717, 1.165) is 0 Å². The van der Waals surface area contributed by atoms with Gasteiger partial charge < -0.3 is 15.5 Å². The third-order valence-electron chi connectivity index (χ3n) is 3.47. The number of anilines is 2. The number of nitrogens with zero attached hydrogens (tertiary/aromatic N) is 3. The van der Waals surface area contributed by atoms with Crippen molar-refractivity contribution in [1.29, 1.82) is 0 Å². The van der Waals surface area contributed by atoms with Gasteiger partial charge in [0, 0.05) is 19.2 Å². The summed E-state index contributed by atoms with van der Waals surface area (Å²) in [6.07, 6.45) is 1.32. The van der Waals surface area contributed by atoms with Crippen LogP contribution in [0.15, 0.2) is 24.5 Å². The van der Waals surface area contributed by atoms with Gasteiger partial charge in [-0.3, -0.25) is 0 Å². The Labute approximate surface area is 138 Å². The molecule has 0 saturated heterocycles. The Kier molecular flexibility index (Phi) is 5.68. The molecule has 0 aliphatic rings. The molecular formula is C15H18ClF2N5. The Bertz CT molecular complexity index is 661. The number of halogens is 3. The fourth-order valence-electron chi connectivity index (χ4n) is 2.28. The van der Waals surface area contributed by atoms with Crippen molar-refractivity contribution in [2.75, 3.05) is 38.3 Å². The zero-order valence-electron chi connectivity index (χ0n) is 13.1. The van der Waals surface area contributed by atoms with E-state index < -0.39 is 17.7 Å². The Morgan fingerprint density at radius 1 is 1.22 bits per heavy atom. The summed E-state index contributed by atoms with van der Waals surface area (Å²) in [6, 6.07) is 3.32. The van der Waals surface area contributed by atoms with E-state index in [1.807, 2.05) is 0 Å². The summed E-state index contributed by atoms with van der Waals surface area (Å²) >= 11 is 5.99. The molecule has 0 spiro atoms. The first-order valence-electron chi connectivity index (χ1n) is 6.98. The molecular weight excluding hydrogens is 324 g/mol. The highest BCUT2D eigenvalue weighted by molar-refractivity contribution is 6.32. The fourth-order valence-corrected chi connectivity index (χ4v) is 2.51. The Hall–Kier alpha value is -1.99. The van der Waals surface area contributed by atoms with E-state index in [0.29, 0.717) is 11.5 Å². The molecule has 1 aromatic heterocycles. The van der Waals surface area contributed by atoms with Gasteiger partial charge in [-0.1, -0.05) is 17.7 Å². The second-order valence-corrected chi connectivity index (χ2v) is 5.49. The lowest BCUT2D eigenvalue weighted by Crippen LogP contribution is -2.29. The first kappa shape index (κ1) is 17.4. The number of benzene rings is 1. The largest absolute Gasteiger partial charge is 0.383 e. The van der Waals surface area contributed by atoms with Crippen molar-refractivity contribution < 1.29 is 8.78 Å². The summed E-state index contributed by atoms with van der Waals surface area (Å²) in [5.74, 6) is -0.698. The van der Waals surface area contributed by atoms with Gasteiger partial charge in [0.05, 0.1) is 6.04 Å². The molecule has 8 heteroatoms. The maximum Gasteiger partial charge on any atom is 0.157 e. The molecule has 0 aliphatic heterocycles. The molecule has 124 valence electrons. The predicted octanol–water partition coefficient (Wildman–Crippen LogP) is 3.16. The SMILES string of the molecule is CNc1c(Cl)ncnc1NCC(c1c(F)cccc1F)N(C)C. The van der Waals surface area contributed by atoms with Crippen LogP contribution in [0, 0.1) is 11.6 Å². The summed E-state index contributed by atoms with van der Waals surface area (Å²) < 4.78 is 28.1. The van der Waals surface area contributed by atoms with Crippen LogP contribution < -0.4 is 10.6 Å². The lowest BCUT2D eigenvalue weighted by atomic mass is 10.0. The molecule has 1 aromatic carbocycles. The predicted molar refractivity (Wildman–Crippen MR) is 87.9 cm³/mol. The van der Waals surface area contributed by atoms with E-state index in [1.165, 1.54) is 24.5 Å². The van der Waals surface area contributed by atoms with Gasteiger partial charge in [-0.05, 0) is 26.2 Å². The molecule has 0 amide bonds. The van der Waals surface area contributed by atoms with Crippen LogP contribution in [0.3, 0.4) is 0 Å². The van der Waals surface area contributed by atoms with Crippen LogP contribution in [0.2, 0.25) is 5.15 Å². The number of hydrogen-bond donors (Lipinski definition) is 2. The van der Waals surface area contributed by atoms with Gasteiger partial charge in [-0.15, -0.1) is 0 Å². The van der Waals surface area contributed by atoms with Crippen molar-refractivity contribution in [2.24, 2.45) is 0 Å². The lowest BCUT2D eigenvalue weighted by molar-refractivity contribution is 0.295. The summed E-state index contributed by atoms with van der Waals surface area (Å²) in [5.41, 5.74) is 0.539. The monoisotopic (exact) mass is 341 g/mol. The van der Waals surface area contributed by atoms with Gasteiger partial charge in [0.15, 0.2) is 11.0 Å². The van der Waals surface area contributed by atoms with Crippen LogP contribution in [0.1, 0.15) is 11.6 Å². The first-order valence-corrected chi connectivity index (χ1v) is 7.36. The molecule has 0 aliphatic carbocycles. The van der Waals surface area contributed by atoms with Crippen molar-refractivity contribution in [1.82, 2.24) is 14.9 Å². The van der Waals surface area contributed by atoms with E-state index in [2.05, 4.69) is 20.6 Å². The molecule has 0 saturated carbocycles. The minimum Gasteiger partial charge on any atom is -0.383 e. The number of likely N-dealkylation sites (N-methyl/N-ethyl adjacent to an activating group) is 1. The Morgan fingerprint density at radius 2 is 1.87 bits per heavy atom.